The van der Waals surface area contributed by atoms with Crippen LogP contribution < -0.4 is 10.6 Å². The summed E-state index contributed by atoms with van der Waals surface area (Å²) < 4.78 is 5.77. The highest BCUT2D eigenvalue weighted by atomic mass is 16.5. The fraction of sp³-hybridized carbons (Fsp3) is 0.632. The SMILES string of the molecule is CC(C)CN1CCOC(CNC(=O)Nc2ccc3c(c2)CCC3)C1. The van der Waals surface area contributed by atoms with Crippen molar-refractivity contribution in [2.45, 2.75) is 39.2 Å². The lowest BCUT2D eigenvalue weighted by Crippen LogP contribution is -2.48. The average molecular weight is 331 g/mol. The van der Waals surface area contributed by atoms with E-state index >= 15 is 0 Å². The molecule has 5 nitrogen and oxygen atoms in total. The summed E-state index contributed by atoms with van der Waals surface area (Å²) in [6.07, 6.45) is 3.57. The van der Waals surface area contributed by atoms with Gasteiger partial charge in [-0.05, 0) is 48.4 Å². The molecule has 24 heavy (non-hydrogen) atoms. The van der Waals surface area contributed by atoms with Crippen LogP contribution in [0.3, 0.4) is 0 Å². The molecule has 0 spiro atoms. The number of fused-ring (bicyclic) bond motifs is 1. The van der Waals surface area contributed by atoms with Gasteiger partial charge in [-0.3, -0.25) is 4.90 Å². The van der Waals surface area contributed by atoms with E-state index in [9.17, 15) is 4.79 Å². The number of morpholine rings is 1. The third kappa shape index (κ3) is 4.71. The minimum Gasteiger partial charge on any atom is -0.374 e. The van der Waals surface area contributed by atoms with Crippen LogP contribution in [-0.2, 0) is 17.6 Å². The molecular weight excluding hydrogens is 302 g/mol. The molecule has 0 radical (unpaired) electrons. The molecule has 1 heterocycles. The number of hydrogen-bond donors (Lipinski definition) is 2. The van der Waals surface area contributed by atoms with E-state index < -0.39 is 0 Å². The Morgan fingerprint density at radius 1 is 1.33 bits per heavy atom. The molecule has 5 heteroatoms. The highest BCUT2D eigenvalue weighted by Crippen LogP contribution is 2.24. The molecule has 1 fully saturated rings. The smallest absolute Gasteiger partial charge is 0.319 e. The lowest BCUT2D eigenvalue weighted by Gasteiger charge is -2.33. The number of carbonyl (C=O) groups is 1. The Labute approximate surface area is 144 Å². The Kier molecular flexibility index (Phi) is 5.74. The first kappa shape index (κ1) is 17.2. The van der Waals surface area contributed by atoms with Crippen molar-refractivity contribution in [3.63, 3.8) is 0 Å². The number of carbonyl (C=O) groups excluding carboxylic acids is 1. The molecule has 1 aliphatic carbocycles. The molecule has 2 aliphatic rings. The number of nitrogens with zero attached hydrogens (tertiary/aromatic N) is 1. The van der Waals surface area contributed by atoms with E-state index in [1.54, 1.807) is 0 Å². The molecule has 0 aromatic heterocycles. The summed E-state index contributed by atoms with van der Waals surface area (Å²) in [6.45, 7) is 8.70. The molecule has 2 amide bonds. The Morgan fingerprint density at radius 2 is 2.17 bits per heavy atom. The van der Waals surface area contributed by atoms with Crippen LogP contribution in [0.25, 0.3) is 0 Å². The Morgan fingerprint density at radius 3 is 3.00 bits per heavy atom. The second kappa shape index (κ2) is 7.99. The maximum Gasteiger partial charge on any atom is 0.319 e. The Bertz CT molecular complexity index is 574. The van der Waals surface area contributed by atoms with E-state index in [2.05, 4.69) is 41.5 Å². The quantitative estimate of drug-likeness (QED) is 0.872. The molecule has 0 bridgehead atoms. The number of anilines is 1. The van der Waals surface area contributed by atoms with Gasteiger partial charge in [0.2, 0.25) is 0 Å². The summed E-state index contributed by atoms with van der Waals surface area (Å²) in [5.41, 5.74) is 3.66. The molecule has 1 atom stereocenters. The second-order valence-corrected chi connectivity index (χ2v) is 7.32. The minimum atomic E-state index is -0.155. The number of aryl methyl sites for hydroxylation is 2. The lowest BCUT2D eigenvalue weighted by atomic mass is 10.1. The van der Waals surface area contributed by atoms with Gasteiger partial charge in [0.15, 0.2) is 0 Å². The van der Waals surface area contributed by atoms with Crippen LogP contribution in [0, 0.1) is 5.92 Å². The zero-order valence-corrected chi connectivity index (χ0v) is 14.8. The molecule has 2 N–H and O–H groups in total. The minimum absolute atomic E-state index is 0.0725. The van der Waals surface area contributed by atoms with Crippen LogP contribution in [0.4, 0.5) is 10.5 Å². The van der Waals surface area contributed by atoms with Crippen LogP contribution in [0.15, 0.2) is 18.2 Å². The lowest BCUT2D eigenvalue weighted by molar-refractivity contribution is -0.0288. The van der Waals surface area contributed by atoms with E-state index in [4.69, 9.17) is 4.74 Å². The highest BCUT2D eigenvalue weighted by Gasteiger charge is 2.21. The van der Waals surface area contributed by atoms with Crippen molar-refractivity contribution < 1.29 is 9.53 Å². The molecule has 1 saturated heterocycles. The van der Waals surface area contributed by atoms with Gasteiger partial charge in [0.05, 0.1) is 12.7 Å². The summed E-state index contributed by atoms with van der Waals surface area (Å²) >= 11 is 0. The summed E-state index contributed by atoms with van der Waals surface area (Å²) in [7, 11) is 0. The second-order valence-electron chi connectivity index (χ2n) is 7.32. The molecular formula is C19H29N3O2. The molecule has 1 aromatic rings. The fourth-order valence-corrected chi connectivity index (χ4v) is 3.62. The first-order chi connectivity index (χ1) is 11.6. The van der Waals surface area contributed by atoms with E-state index in [0.29, 0.717) is 12.5 Å². The van der Waals surface area contributed by atoms with Crippen LogP contribution >= 0.6 is 0 Å². The normalized spacial score (nSPS) is 20.9. The maximum absolute atomic E-state index is 12.1. The van der Waals surface area contributed by atoms with Crippen LogP contribution in [0.2, 0.25) is 0 Å². The molecule has 1 aromatic carbocycles. The van der Waals surface area contributed by atoms with Crippen molar-refractivity contribution in [3.05, 3.63) is 29.3 Å². The van der Waals surface area contributed by atoms with E-state index in [1.165, 1.54) is 17.5 Å². The monoisotopic (exact) mass is 331 g/mol. The molecule has 1 aliphatic heterocycles. The number of benzene rings is 1. The maximum atomic E-state index is 12.1. The largest absolute Gasteiger partial charge is 0.374 e. The fourth-order valence-electron chi connectivity index (χ4n) is 3.62. The van der Waals surface area contributed by atoms with Crippen molar-refractivity contribution in [2.75, 3.05) is 38.1 Å². The Balaban J connectivity index is 1.44. The van der Waals surface area contributed by atoms with E-state index in [1.807, 2.05) is 6.07 Å². The first-order valence-electron chi connectivity index (χ1n) is 9.11. The van der Waals surface area contributed by atoms with Crippen molar-refractivity contribution in [2.24, 2.45) is 5.92 Å². The number of rotatable bonds is 5. The van der Waals surface area contributed by atoms with Gasteiger partial charge in [-0.25, -0.2) is 4.79 Å². The predicted octanol–water partition coefficient (Wildman–Crippen LogP) is 2.65. The van der Waals surface area contributed by atoms with Gasteiger partial charge in [-0.1, -0.05) is 19.9 Å². The summed E-state index contributed by atoms with van der Waals surface area (Å²) in [5.74, 6) is 0.653. The van der Waals surface area contributed by atoms with Crippen LogP contribution in [0.1, 0.15) is 31.4 Å². The number of amides is 2. The molecule has 132 valence electrons. The van der Waals surface area contributed by atoms with Crippen LogP contribution in [0.5, 0.6) is 0 Å². The molecule has 1 unspecified atom stereocenters. The molecule has 3 rings (SSSR count). The zero-order chi connectivity index (χ0) is 16.9. The van der Waals surface area contributed by atoms with Gasteiger partial charge in [0.25, 0.3) is 0 Å². The standard InChI is InChI=1S/C19H29N3O2/c1-14(2)12-22-8-9-24-18(13-22)11-20-19(23)21-17-7-6-15-4-3-5-16(15)10-17/h6-7,10,14,18H,3-5,8-9,11-13H2,1-2H3,(H2,20,21,23). The van der Waals surface area contributed by atoms with Crippen molar-refractivity contribution in [1.29, 1.82) is 0 Å². The van der Waals surface area contributed by atoms with E-state index in [-0.39, 0.29) is 12.1 Å². The number of ether oxygens (including phenoxy) is 1. The highest BCUT2D eigenvalue weighted by molar-refractivity contribution is 5.89. The van der Waals surface area contributed by atoms with Crippen LogP contribution in [-0.4, -0.2) is 49.8 Å². The van der Waals surface area contributed by atoms with Crippen molar-refractivity contribution in [1.82, 2.24) is 10.2 Å². The summed E-state index contributed by atoms with van der Waals surface area (Å²) in [6, 6.07) is 6.07. The van der Waals surface area contributed by atoms with E-state index in [0.717, 1.165) is 44.8 Å². The van der Waals surface area contributed by atoms with Gasteiger partial charge < -0.3 is 15.4 Å². The van der Waals surface area contributed by atoms with Gasteiger partial charge in [-0.2, -0.15) is 0 Å². The third-order valence-electron chi connectivity index (χ3n) is 4.69. The summed E-state index contributed by atoms with van der Waals surface area (Å²) in [4.78, 5) is 14.5. The summed E-state index contributed by atoms with van der Waals surface area (Å²) in [5, 5.41) is 5.88. The molecule has 0 saturated carbocycles. The zero-order valence-electron chi connectivity index (χ0n) is 14.8. The Hall–Kier alpha value is -1.59. The van der Waals surface area contributed by atoms with Gasteiger partial charge in [0.1, 0.15) is 0 Å². The van der Waals surface area contributed by atoms with Gasteiger partial charge in [0, 0.05) is 31.9 Å². The van der Waals surface area contributed by atoms with Crippen molar-refractivity contribution in [3.8, 4) is 0 Å². The van der Waals surface area contributed by atoms with Gasteiger partial charge in [-0.15, -0.1) is 0 Å². The number of urea groups is 1. The first-order valence-corrected chi connectivity index (χ1v) is 9.11. The topological polar surface area (TPSA) is 53.6 Å². The predicted molar refractivity (Wildman–Crippen MR) is 96.5 cm³/mol. The van der Waals surface area contributed by atoms with Gasteiger partial charge >= 0.3 is 6.03 Å². The number of nitrogens with one attached hydrogen (secondary N) is 2. The van der Waals surface area contributed by atoms with Crippen molar-refractivity contribution >= 4 is 11.7 Å². The average Bonchev–Trinajstić information content (AvgIpc) is 3.00. The number of hydrogen-bond acceptors (Lipinski definition) is 3. The third-order valence-corrected chi connectivity index (χ3v) is 4.69.